The number of para-hydroxylation sites is 1. The summed E-state index contributed by atoms with van der Waals surface area (Å²) in [7, 11) is 1.69. The van der Waals surface area contributed by atoms with Crippen molar-refractivity contribution in [2.45, 2.75) is 25.7 Å². The Bertz CT molecular complexity index is 988. The van der Waals surface area contributed by atoms with E-state index in [1.807, 2.05) is 43.3 Å². The Morgan fingerprint density at radius 2 is 1.96 bits per heavy atom. The first-order chi connectivity index (χ1) is 13.0. The number of piperidine rings is 1. The first-order valence-corrected chi connectivity index (χ1v) is 9.10. The summed E-state index contributed by atoms with van der Waals surface area (Å²) in [5, 5.41) is 4.56. The van der Waals surface area contributed by atoms with Crippen molar-refractivity contribution in [1.29, 1.82) is 0 Å². The van der Waals surface area contributed by atoms with Gasteiger partial charge in [-0.25, -0.2) is 19.0 Å². The molecule has 8 heteroatoms. The highest BCUT2D eigenvalue weighted by molar-refractivity contribution is 5.44. The van der Waals surface area contributed by atoms with Gasteiger partial charge < -0.3 is 10.6 Å². The lowest BCUT2D eigenvalue weighted by molar-refractivity contribution is 0.480. The fourth-order valence-electron chi connectivity index (χ4n) is 3.70. The number of anilines is 2. The van der Waals surface area contributed by atoms with Crippen LogP contribution in [0.1, 0.15) is 30.3 Å². The SMILES string of the molecule is Cc1cc(N2CCCC(c3nn(C)c(=O)n3-c3ccccc3)C2)nc(N)n1. The zero-order chi connectivity index (χ0) is 19.0. The zero-order valence-electron chi connectivity index (χ0n) is 15.5. The zero-order valence-corrected chi connectivity index (χ0v) is 15.5. The molecule has 4 rings (SSSR count). The fourth-order valence-corrected chi connectivity index (χ4v) is 3.70. The number of hydrogen-bond acceptors (Lipinski definition) is 6. The quantitative estimate of drug-likeness (QED) is 0.758. The minimum Gasteiger partial charge on any atom is -0.368 e. The van der Waals surface area contributed by atoms with E-state index >= 15 is 0 Å². The normalized spacial score (nSPS) is 17.3. The third-order valence-corrected chi connectivity index (χ3v) is 4.93. The minimum absolute atomic E-state index is 0.129. The summed E-state index contributed by atoms with van der Waals surface area (Å²) in [5.41, 5.74) is 7.38. The van der Waals surface area contributed by atoms with Gasteiger partial charge in [0.05, 0.1) is 5.69 Å². The van der Waals surface area contributed by atoms with Crippen LogP contribution in [0.15, 0.2) is 41.2 Å². The maximum atomic E-state index is 12.7. The van der Waals surface area contributed by atoms with Crippen LogP contribution in [-0.4, -0.2) is 37.4 Å². The van der Waals surface area contributed by atoms with Crippen molar-refractivity contribution in [3.05, 3.63) is 58.4 Å². The van der Waals surface area contributed by atoms with E-state index in [1.165, 1.54) is 4.68 Å². The van der Waals surface area contributed by atoms with Gasteiger partial charge in [0.25, 0.3) is 0 Å². The molecule has 0 bridgehead atoms. The highest BCUT2D eigenvalue weighted by atomic mass is 16.2. The molecule has 3 heterocycles. The van der Waals surface area contributed by atoms with Crippen molar-refractivity contribution in [3.8, 4) is 5.69 Å². The molecule has 140 valence electrons. The molecule has 2 N–H and O–H groups in total. The van der Waals surface area contributed by atoms with E-state index in [-0.39, 0.29) is 17.6 Å². The molecule has 0 aliphatic carbocycles. The monoisotopic (exact) mass is 365 g/mol. The van der Waals surface area contributed by atoms with Gasteiger partial charge in [0.1, 0.15) is 11.6 Å². The first kappa shape index (κ1) is 17.3. The van der Waals surface area contributed by atoms with Crippen LogP contribution >= 0.6 is 0 Å². The number of hydrogen-bond donors (Lipinski definition) is 1. The van der Waals surface area contributed by atoms with Crippen molar-refractivity contribution in [3.63, 3.8) is 0 Å². The van der Waals surface area contributed by atoms with Gasteiger partial charge in [0.15, 0.2) is 0 Å². The molecule has 2 aromatic heterocycles. The topological polar surface area (TPSA) is 94.9 Å². The number of aryl methyl sites for hydroxylation is 2. The lowest BCUT2D eigenvalue weighted by Gasteiger charge is -2.33. The van der Waals surface area contributed by atoms with Crippen molar-refractivity contribution in [2.75, 3.05) is 23.7 Å². The third kappa shape index (κ3) is 3.30. The van der Waals surface area contributed by atoms with Gasteiger partial charge in [-0.05, 0) is 31.9 Å². The van der Waals surface area contributed by atoms with Gasteiger partial charge in [0.2, 0.25) is 5.95 Å². The van der Waals surface area contributed by atoms with Crippen LogP contribution in [-0.2, 0) is 7.05 Å². The maximum absolute atomic E-state index is 12.7. The molecule has 0 radical (unpaired) electrons. The van der Waals surface area contributed by atoms with Crippen LogP contribution in [0.5, 0.6) is 0 Å². The molecule has 0 spiro atoms. The predicted molar refractivity (Wildman–Crippen MR) is 104 cm³/mol. The lowest BCUT2D eigenvalue weighted by Crippen LogP contribution is -2.36. The van der Waals surface area contributed by atoms with Gasteiger partial charge in [-0.15, -0.1) is 0 Å². The Morgan fingerprint density at radius 1 is 1.19 bits per heavy atom. The molecule has 1 fully saturated rings. The van der Waals surface area contributed by atoms with Crippen molar-refractivity contribution in [2.24, 2.45) is 7.05 Å². The van der Waals surface area contributed by atoms with Crippen LogP contribution in [0.3, 0.4) is 0 Å². The Morgan fingerprint density at radius 3 is 2.70 bits per heavy atom. The lowest BCUT2D eigenvalue weighted by atomic mass is 9.97. The van der Waals surface area contributed by atoms with E-state index < -0.39 is 0 Å². The fraction of sp³-hybridized carbons (Fsp3) is 0.368. The van der Waals surface area contributed by atoms with Gasteiger partial charge in [-0.3, -0.25) is 0 Å². The summed E-state index contributed by atoms with van der Waals surface area (Å²) >= 11 is 0. The molecule has 1 aliphatic heterocycles. The summed E-state index contributed by atoms with van der Waals surface area (Å²) in [5.74, 6) is 2.03. The molecule has 0 saturated carbocycles. The largest absolute Gasteiger partial charge is 0.368 e. The predicted octanol–water partition coefficient (Wildman–Crippen LogP) is 1.64. The van der Waals surface area contributed by atoms with Gasteiger partial charge in [0, 0.05) is 37.8 Å². The average Bonchev–Trinajstić information content (AvgIpc) is 2.97. The maximum Gasteiger partial charge on any atom is 0.350 e. The van der Waals surface area contributed by atoms with Crippen LogP contribution in [0.4, 0.5) is 11.8 Å². The molecule has 3 aromatic rings. The van der Waals surface area contributed by atoms with E-state index in [2.05, 4.69) is 20.0 Å². The number of nitrogens with two attached hydrogens (primary N) is 1. The number of rotatable bonds is 3. The Labute approximate surface area is 157 Å². The Hall–Kier alpha value is -3.16. The van der Waals surface area contributed by atoms with Crippen LogP contribution < -0.4 is 16.3 Å². The smallest absolute Gasteiger partial charge is 0.350 e. The van der Waals surface area contributed by atoms with Gasteiger partial charge >= 0.3 is 5.69 Å². The van der Waals surface area contributed by atoms with Crippen molar-refractivity contribution >= 4 is 11.8 Å². The first-order valence-electron chi connectivity index (χ1n) is 9.10. The molecule has 8 nitrogen and oxygen atoms in total. The average molecular weight is 365 g/mol. The second-order valence-electron chi connectivity index (χ2n) is 6.95. The van der Waals surface area contributed by atoms with E-state index in [0.29, 0.717) is 0 Å². The summed E-state index contributed by atoms with van der Waals surface area (Å²) in [4.78, 5) is 23.4. The molecular formula is C19H23N7O. The molecule has 1 aromatic carbocycles. The van der Waals surface area contributed by atoms with Crippen molar-refractivity contribution in [1.82, 2.24) is 24.3 Å². The molecule has 1 unspecified atom stereocenters. The van der Waals surface area contributed by atoms with Crippen LogP contribution in [0, 0.1) is 6.92 Å². The van der Waals surface area contributed by atoms with E-state index in [1.54, 1.807) is 11.6 Å². The molecule has 1 aliphatic rings. The second kappa shape index (κ2) is 6.86. The summed E-state index contributed by atoms with van der Waals surface area (Å²) in [6.07, 6.45) is 1.96. The standard InChI is InChI=1S/C19H23N7O/c1-13-11-16(22-18(20)21-13)25-10-6-7-14(12-25)17-23-24(2)19(27)26(17)15-8-4-3-5-9-15/h3-5,8-9,11,14H,6-7,10,12H2,1-2H3,(H2,20,21,22). The molecule has 0 amide bonds. The van der Waals surface area contributed by atoms with E-state index in [9.17, 15) is 4.79 Å². The number of benzene rings is 1. The molecule has 1 atom stereocenters. The summed E-state index contributed by atoms with van der Waals surface area (Å²) < 4.78 is 3.13. The van der Waals surface area contributed by atoms with Crippen LogP contribution in [0.25, 0.3) is 5.69 Å². The van der Waals surface area contributed by atoms with E-state index in [0.717, 1.165) is 49.0 Å². The number of nitrogens with zero attached hydrogens (tertiary/aromatic N) is 6. The Balaban J connectivity index is 1.70. The molecule has 1 saturated heterocycles. The highest BCUT2D eigenvalue weighted by Crippen LogP contribution is 2.29. The third-order valence-electron chi connectivity index (χ3n) is 4.93. The molecular weight excluding hydrogens is 342 g/mol. The Kier molecular flexibility index (Phi) is 4.39. The number of nitrogen functional groups attached to an aromatic ring is 1. The summed E-state index contributed by atoms with van der Waals surface area (Å²) in [6.45, 7) is 3.54. The number of aromatic nitrogens is 5. The van der Waals surface area contributed by atoms with Crippen molar-refractivity contribution < 1.29 is 0 Å². The minimum atomic E-state index is -0.129. The second-order valence-corrected chi connectivity index (χ2v) is 6.95. The van der Waals surface area contributed by atoms with Gasteiger partial charge in [-0.2, -0.15) is 10.1 Å². The van der Waals surface area contributed by atoms with E-state index in [4.69, 9.17) is 5.73 Å². The van der Waals surface area contributed by atoms with Crippen LogP contribution in [0.2, 0.25) is 0 Å². The highest BCUT2D eigenvalue weighted by Gasteiger charge is 2.28. The van der Waals surface area contributed by atoms with Gasteiger partial charge in [-0.1, -0.05) is 18.2 Å². The molecule has 27 heavy (non-hydrogen) atoms. The summed E-state index contributed by atoms with van der Waals surface area (Å²) in [6, 6.07) is 11.6.